The van der Waals surface area contributed by atoms with Crippen molar-refractivity contribution in [1.82, 2.24) is 20.2 Å². The molecule has 0 bridgehead atoms. The van der Waals surface area contributed by atoms with Crippen LogP contribution in [0.25, 0.3) is 11.0 Å². The van der Waals surface area contributed by atoms with Crippen LogP contribution in [-0.4, -0.2) is 40.0 Å². The molecule has 3 atom stereocenters. The molecule has 2 aromatic rings. The summed E-state index contributed by atoms with van der Waals surface area (Å²) in [6.07, 6.45) is 1.82. The van der Waals surface area contributed by atoms with Gasteiger partial charge in [0, 0.05) is 37.4 Å². The highest BCUT2D eigenvalue weighted by molar-refractivity contribution is 5.74. The number of aromatic nitrogens is 2. The predicted octanol–water partition coefficient (Wildman–Crippen LogP) is 2.68. The third kappa shape index (κ3) is 2.92. The maximum atomic E-state index is 4.60. The lowest BCUT2D eigenvalue weighted by Gasteiger charge is -2.41. The minimum absolute atomic E-state index is 0.399. The molecule has 1 aromatic carbocycles. The van der Waals surface area contributed by atoms with Crippen molar-refractivity contribution < 1.29 is 0 Å². The van der Waals surface area contributed by atoms with Crippen molar-refractivity contribution in [3.05, 3.63) is 35.7 Å². The minimum Gasteiger partial charge on any atom is -0.311 e. The van der Waals surface area contributed by atoms with Crippen LogP contribution in [0.3, 0.4) is 0 Å². The molecule has 1 aromatic heterocycles. The first-order valence-corrected chi connectivity index (χ1v) is 7.77. The molecular weight excluding hydrogens is 260 g/mol. The van der Waals surface area contributed by atoms with Crippen LogP contribution in [0.15, 0.2) is 24.4 Å². The first kappa shape index (κ1) is 14.4. The molecule has 1 N–H and O–H groups in total. The molecule has 0 saturated carbocycles. The van der Waals surface area contributed by atoms with Gasteiger partial charge in [0.15, 0.2) is 0 Å². The quantitative estimate of drug-likeness (QED) is 0.920. The SMILES string of the molecule is Cc1cnc2ccc([C@H](C)N3C[C@H](C)NC[C@H]3C)cc2n1. The minimum atomic E-state index is 0.399. The first-order chi connectivity index (χ1) is 10.0. The molecule has 112 valence electrons. The highest BCUT2D eigenvalue weighted by Crippen LogP contribution is 2.26. The Morgan fingerprint density at radius 1 is 1.29 bits per heavy atom. The summed E-state index contributed by atoms with van der Waals surface area (Å²) in [6, 6.07) is 7.97. The monoisotopic (exact) mass is 284 g/mol. The van der Waals surface area contributed by atoms with Crippen LogP contribution in [0, 0.1) is 6.92 Å². The molecule has 1 fully saturated rings. The summed E-state index contributed by atoms with van der Waals surface area (Å²) in [6.45, 7) is 11.0. The Morgan fingerprint density at radius 3 is 2.90 bits per heavy atom. The second-order valence-corrected chi connectivity index (χ2v) is 6.29. The van der Waals surface area contributed by atoms with E-state index in [1.807, 2.05) is 13.1 Å². The Kier molecular flexibility index (Phi) is 3.91. The van der Waals surface area contributed by atoms with Gasteiger partial charge in [-0.1, -0.05) is 6.07 Å². The van der Waals surface area contributed by atoms with Gasteiger partial charge in [0.05, 0.1) is 16.7 Å². The maximum Gasteiger partial charge on any atom is 0.0893 e. The van der Waals surface area contributed by atoms with Gasteiger partial charge in [-0.15, -0.1) is 0 Å². The van der Waals surface area contributed by atoms with Crippen molar-refractivity contribution in [1.29, 1.82) is 0 Å². The number of hydrogen-bond acceptors (Lipinski definition) is 4. The summed E-state index contributed by atoms with van der Waals surface area (Å²) in [5.41, 5.74) is 4.26. The van der Waals surface area contributed by atoms with Gasteiger partial charge in [0.25, 0.3) is 0 Å². The Hall–Kier alpha value is -1.52. The van der Waals surface area contributed by atoms with E-state index >= 15 is 0 Å². The molecule has 0 amide bonds. The lowest BCUT2D eigenvalue weighted by Crippen LogP contribution is -2.54. The number of aryl methyl sites for hydroxylation is 1. The van der Waals surface area contributed by atoms with Crippen LogP contribution in [0.1, 0.15) is 38.1 Å². The van der Waals surface area contributed by atoms with E-state index in [1.54, 1.807) is 0 Å². The number of piperazine rings is 1. The zero-order valence-corrected chi connectivity index (χ0v) is 13.3. The molecule has 21 heavy (non-hydrogen) atoms. The predicted molar refractivity (Wildman–Crippen MR) is 86.3 cm³/mol. The Balaban J connectivity index is 1.91. The molecule has 2 heterocycles. The van der Waals surface area contributed by atoms with E-state index in [1.165, 1.54) is 5.56 Å². The lowest BCUT2D eigenvalue weighted by atomic mass is 10.0. The molecule has 1 aliphatic rings. The summed E-state index contributed by atoms with van der Waals surface area (Å²) < 4.78 is 0. The van der Waals surface area contributed by atoms with Gasteiger partial charge in [-0.25, -0.2) is 4.98 Å². The first-order valence-electron chi connectivity index (χ1n) is 7.77. The van der Waals surface area contributed by atoms with E-state index in [2.05, 4.69) is 59.2 Å². The molecular formula is C17H24N4. The lowest BCUT2D eigenvalue weighted by molar-refractivity contribution is 0.103. The molecule has 0 spiro atoms. The largest absolute Gasteiger partial charge is 0.311 e. The van der Waals surface area contributed by atoms with Crippen LogP contribution in [0.4, 0.5) is 0 Å². The average Bonchev–Trinajstić information content (AvgIpc) is 2.48. The topological polar surface area (TPSA) is 41.1 Å². The molecule has 0 aliphatic carbocycles. The number of hydrogen-bond donors (Lipinski definition) is 1. The molecule has 1 aliphatic heterocycles. The standard InChI is InChI=1S/C17H24N4/c1-11-8-19-16-6-5-15(7-17(16)20-11)14(4)21-10-12(2)18-9-13(21)3/h5-8,12-14,18H,9-10H2,1-4H3/t12-,13+,14-/m0/s1. The summed E-state index contributed by atoms with van der Waals surface area (Å²) in [5, 5.41) is 3.54. The van der Waals surface area contributed by atoms with Gasteiger partial charge in [-0.05, 0) is 45.4 Å². The molecule has 4 heteroatoms. The summed E-state index contributed by atoms with van der Waals surface area (Å²) >= 11 is 0. The number of nitrogens with one attached hydrogen (secondary N) is 1. The van der Waals surface area contributed by atoms with Gasteiger partial charge in [0.2, 0.25) is 0 Å². The van der Waals surface area contributed by atoms with Crippen molar-refractivity contribution >= 4 is 11.0 Å². The number of benzene rings is 1. The highest BCUT2D eigenvalue weighted by Gasteiger charge is 2.27. The van der Waals surface area contributed by atoms with E-state index in [9.17, 15) is 0 Å². The fraction of sp³-hybridized carbons (Fsp3) is 0.529. The normalized spacial score (nSPS) is 25.1. The molecule has 1 saturated heterocycles. The van der Waals surface area contributed by atoms with Gasteiger partial charge in [0.1, 0.15) is 0 Å². The van der Waals surface area contributed by atoms with Crippen molar-refractivity contribution in [2.75, 3.05) is 13.1 Å². The van der Waals surface area contributed by atoms with E-state index in [-0.39, 0.29) is 0 Å². The molecule has 4 nitrogen and oxygen atoms in total. The van der Waals surface area contributed by atoms with E-state index in [0.717, 1.165) is 29.8 Å². The van der Waals surface area contributed by atoms with Crippen LogP contribution >= 0.6 is 0 Å². The zero-order valence-electron chi connectivity index (χ0n) is 13.3. The highest BCUT2D eigenvalue weighted by atomic mass is 15.2. The van der Waals surface area contributed by atoms with Gasteiger partial charge in [-0.2, -0.15) is 0 Å². The molecule has 0 radical (unpaired) electrons. The van der Waals surface area contributed by atoms with Crippen molar-refractivity contribution in [2.24, 2.45) is 0 Å². The molecule has 0 unspecified atom stereocenters. The third-order valence-corrected chi connectivity index (χ3v) is 4.48. The third-order valence-electron chi connectivity index (χ3n) is 4.48. The van der Waals surface area contributed by atoms with Gasteiger partial charge >= 0.3 is 0 Å². The average molecular weight is 284 g/mol. The van der Waals surface area contributed by atoms with Crippen LogP contribution in [-0.2, 0) is 0 Å². The summed E-state index contributed by atoms with van der Waals surface area (Å²) in [4.78, 5) is 11.6. The van der Waals surface area contributed by atoms with Crippen LogP contribution in [0.2, 0.25) is 0 Å². The fourth-order valence-electron chi connectivity index (χ4n) is 3.16. The van der Waals surface area contributed by atoms with Gasteiger partial charge < -0.3 is 5.32 Å². The van der Waals surface area contributed by atoms with Crippen molar-refractivity contribution in [2.45, 2.75) is 45.8 Å². The van der Waals surface area contributed by atoms with Crippen molar-refractivity contribution in [3.63, 3.8) is 0 Å². The van der Waals surface area contributed by atoms with E-state index in [0.29, 0.717) is 18.1 Å². The van der Waals surface area contributed by atoms with Gasteiger partial charge in [-0.3, -0.25) is 9.88 Å². The maximum absolute atomic E-state index is 4.60. The number of nitrogens with zero attached hydrogens (tertiary/aromatic N) is 3. The smallest absolute Gasteiger partial charge is 0.0893 e. The van der Waals surface area contributed by atoms with Crippen molar-refractivity contribution in [3.8, 4) is 0 Å². The Bertz CT molecular complexity index is 640. The van der Waals surface area contributed by atoms with Crippen LogP contribution < -0.4 is 5.32 Å². The Labute approximate surface area is 126 Å². The molecule has 3 rings (SSSR count). The summed E-state index contributed by atoms with van der Waals surface area (Å²) in [7, 11) is 0. The van der Waals surface area contributed by atoms with E-state index < -0.39 is 0 Å². The number of rotatable bonds is 2. The van der Waals surface area contributed by atoms with E-state index in [4.69, 9.17) is 0 Å². The number of fused-ring (bicyclic) bond motifs is 1. The zero-order chi connectivity index (χ0) is 15.0. The van der Waals surface area contributed by atoms with Crippen LogP contribution in [0.5, 0.6) is 0 Å². The summed E-state index contributed by atoms with van der Waals surface area (Å²) in [5.74, 6) is 0. The second kappa shape index (κ2) is 5.70. The Morgan fingerprint density at radius 2 is 2.10 bits per heavy atom. The fourth-order valence-corrected chi connectivity index (χ4v) is 3.16. The second-order valence-electron chi connectivity index (χ2n) is 6.29.